The zero-order valence-electron chi connectivity index (χ0n) is 20.5. The summed E-state index contributed by atoms with van der Waals surface area (Å²) in [5.41, 5.74) is 5.15. The zero-order chi connectivity index (χ0) is 28.3. The predicted molar refractivity (Wildman–Crippen MR) is 154 cm³/mol. The maximum atomic E-state index is 13.0. The second-order valence-electron chi connectivity index (χ2n) is 8.78. The monoisotopic (exact) mass is 601 g/mol. The quantitative estimate of drug-likeness (QED) is 0.140. The van der Waals surface area contributed by atoms with Crippen LogP contribution in [0.5, 0.6) is 0 Å². The molecule has 0 aliphatic rings. The number of nitrogens with one attached hydrogen (secondary N) is 2. The Hall–Kier alpha value is -3.86. The lowest BCUT2D eigenvalue weighted by Gasteiger charge is -2.08. The minimum atomic E-state index is -4.44. The number of halogens is 5. The van der Waals surface area contributed by atoms with E-state index in [1.807, 2.05) is 41.1 Å². The van der Waals surface area contributed by atoms with E-state index in [2.05, 4.69) is 20.8 Å². The van der Waals surface area contributed by atoms with E-state index in [1.54, 1.807) is 23.7 Å². The molecule has 0 bridgehead atoms. The number of aromatic nitrogens is 2. The fourth-order valence-corrected chi connectivity index (χ4v) is 5.26. The molecule has 0 unspecified atom stereocenters. The highest BCUT2D eigenvalue weighted by molar-refractivity contribution is 7.13. The molecule has 3 aromatic carbocycles. The van der Waals surface area contributed by atoms with Gasteiger partial charge in [0, 0.05) is 50.3 Å². The smallest absolute Gasteiger partial charge is 0.342 e. The van der Waals surface area contributed by atoms with Crippen LogP contribution in [-0.2, 0) is 23.9 Å². The highest BCUT2D eigenvalue weighted by Gasteiger charge is 2.30. The molecule has 12 heteroatoms. The first-order chi connectivity index (χ1) is 19.2. The second-order valence-corrected chi connectivity index (χ2v) is 10.5. The van der Waals surface area contributed by atoms with Crippen molar-refractivity contribution >= 4 is 68.4 Å². The van der Waals surface area contributed by atoms with Gasteiger partial charge in [-0.1, -0.05) is 53.5 Å². The highest BCUT2D eigenvalue weighted by Crippen LogP contribution is 2.32. The lowest BCUT2D eigenvalue weighted by Crippen LogP contribution is -2.19. The minimum absolute atomic E-state index is 0.0467. The fourth-order valence-electron chi connectivity index (χ4n) is 4.06. The Morgan fingerprint density at radius 2 is 1.90 bits per heavy atom. The van der Waals surface area contributed by atoms with Crippen LogP contribution in [0.4, 0.5) is 24.0 Å². The van der Waals surface area contributed by atoms with Crippen molar-refractivity contribution in [2.45, 2.75) is 19.1 Å². The van der Waals surface area contributed by atoms with Crippen LogP contribution in [0.3, 0.4) is 0 Å². The Balaban J connectivity index is 1.22. The number of anilines is 2. The van der Waals surface area contributed by atoms with Crippen molar-refractivity contribution in [1.29, 1.82) is 0 Å². The van der Waals surface area contributed by atoms with Crippen molar-refractivity contribution in [2.75, 3.05) is 5.32 Å². The zero-order valence-corrected chi connectivity index (χ0v) is 22.9. The molecule has 0 radical (unpaired) electrons. The lowest BCUT2D eigenvalue weighted by atomic mass is 10.2. The molecule has 0 atom stereocenters. The van der Waals surface area contributed by atoms with Crippen molar-refractivity contribution in [3.8, 4) is 0 Å². The third kappa shape index (κ3) is 6.64. The van der Waals surface area contributed by atoms with Crippen molar-refractivity contribution < 1.29 is 18.0 Å². The Morgan fingerprint density at radius 3 is 2.70 bits per heavy atom. The van der Waals surface area contributed by atoms with Crippen molar-refractivity contribution in [2.24, 2.45) is 5.10 Å². The number of nitrogens with zero attached hydrogens (tertiary/aromatic N) is 3. The van der Waals surface area contributed by atoms with E-state index < -0.39 is 11.7 Å². The number of hydrogen-bond donors (Lipinski definition) is 2. The largest absolute Gasteiger partial charge is 0.416 e. The number of hydrazone groups is 1. The number of para-hydroxylation sites is 1. The van der Waals surface area contributed by atoms with Crippen LogP contribution in [0, 0.1) is 0 Å². The van der Waals surface area contributed by atoms with Crippen LogP contribution < -0.4 is 10.7 Å². The molecule has 0 saturated carbocycles. The lowest BCUT2D eigenvalue weighted by molar-refractivity contribution is -0.137. The molecule has 0 saturated heterocycles. The van der Waals surface area contributed by atoms with Gasteiger partial charge in [0.2, 0.25) is 5.91 Å². The number of amides is 1. The Morgan fingerprint density at radius 1 is 1.07 bits per heavy atom. The summed E-state index contributed by atoms with van der Waals surface area (Å²) in [6.07, 6.45) is -0.988. The van der Waals surface area contributed by atoms with Crippen molar-refractivity contribution in [3.63, 3.8) is 0 Å². The van der Waals surface area contributed by atoms with Gasteiger partial charge < -0.3 is 9.88 Å². The van der Waals surface area contributed by atoms with Gasteiger partial charge in [0.25, 0.3) is 0 Å². The molecule has 0 aliphatic heterocycles. The molecule has 0 spiro atoms. The highest BCUT2D eigenvalue weighted by atomic mass is 35.5. The van der Waals surface area contributed by atoms with Gasteiger partial charge in [-0.2, -0.15) is 18.3 Å². The topological polar surface area (TPSA) is 71.3 Å². The van der Waals surface area contributed by atoms with Crippen LogP contribution in [0.1, 0.15) is 22.4 Å². The molecular weight excluding hydrogens is 582 g/mol. The van der Waals surface area contributed by atoms with Gasteiger partial charge in [-0.3, -0.25) is 4.79 Å². The van der Waals surface area contributed by atoms with E-state index in [-0.39, 0.29) is 18.0 Å². The molecule has 5 aromatic rings. The van der Waals surface area contributed by atoms with E-state index in [9.17, 15) is 18.0 Å². The molecular formula is C28H20Cl2F3N5OS. The van der Waals surface area contributed by atoms with E-state index in [0.29, 0.717) is 27.4 Å². The maximum Gasteiger partial charge on any atom is 0.416 e. The van der Waals surface area contributed by atoms with E-state index in [4.69, 9.17) is 23.2 Å². The average molecular weight is 602 g/mol. The molecule has 0 fully saturated rings. The van der Waals surface area contributed by atoms with Gasteiger partial charge in [0.15, 0.2) is 5.13 Å². The number of rotatable bonds is 8. The molecule has 204 valence electrons. The molecule has 6 nitrogen and oxygen atoms in total. The number of carbonyl (C=O) groups is 1. The summed E-state index contributed by atoms with van der Waals surface area (Å²) >= 11 is 13.6. The minimum Gasteiger partial charge on any atom is -0.342 e. The molecule has 2 heterocycles. The SMILES string of the molecule is O=C(Cc1csc(Nc2cccc(C(F)(F)F)c2)n1)N/N=C\c1cn(Cc2ccc(Cl)cc2Cl)c2ccccc12. The summed E-state index contributed by atoms with van der Waals surface area (Å²) < 4.78 is 40.9. The van der Waals surface area contributed by atoms with E-state index >= 15 is 0 Å². The van der Waals surface area contributed by atoms with Gasteiger partial charge in [0.1, 0.15) is 0 Å². The molecule has 1 amide bonds. The average Bonchev–Trinajstić information content (AvgIpc) is 3.49. The normalized spacial score (nSPS) is 11.8. The van der Waals surface area contributed by atoms with Crippen LogP contribution >= 0.6 is 34.5 Å². The second kappa shape index (κ2) is 11.7. The predicted octanol–water partition coefficient (Wildman–Crippen LogP) is 7.91. The molecule has 2 aromatic heterocycles. The number of thiazole rings is 1. The van der Waals surface area contributed by atoms with Gasteiger partial charge in [-0.15, -0.1) is 11.3 Å². The molecule has 0 aliphatic carbocycles. The Labute approximate surface area is 241 Å². The van der Waals surface area contributed by atoms with Crippen LogP contribution in [-0.4, -0.2) is 21.7 Å². The van der Waals surface area contributed by atoms with Crippen LogP contribution in [0.15, 0.2) is 83.4 Å². The first kappa shape index (κ1) is 27.7. The van der Waals surface area contributed by atoms with E-state index in [1.165, 1.54) is 23.5 Å². The molecule has 5 rings (SSSR count). The first-order valence-corrected chi connectivity index (χ1v) is 13.5. The van der Waals surface area contributed by atoms with Crippen LogP contribution in [0.2, 0.25) is 10.0 Å². The van der Waals surface area contributed by atoms with Crippen LogP contribution in [0.25, 0.3) is 10.9 Å². The Kier molecular flexibility index (Phi) is 8.11. The van der Waals surface area contributed by atoms with Gasteiger partial charge in [-0.05, 0) is 42.0 Å². The summed E-state index contributed by atoms with van der Waals surface area (Å²) in [4.78, 5) is 16.8. The summed E-state index contributed by atoms with van der Waals surface area (Å²) in [6, 6.07) is 18.0. The first-order valence-electron chi connectivity index (χ1n) is 11.9. The third-order valence-electron chi connectivity index (χ3n) is 5.90. The third-order valence-corrected chi connectivity index (χ3v) is 7.30. The maximum absolute atomic E-state index is 13.0. The number of carbonyl (C=O) groups excluding carboxylic acids is 1. The fraction of sp³-hybridized carbons (Fsp3) is 0.107. The standard InChI is InChI=1S/C28H20Cl2F3N5OS/c29-20-9-8-17(24(30)11-20)14-38-15-18(23-6-1-2-7-25(23)38)13-34-37-26(39)12-22-16-40-27(36-22)35-21-5-3-4-19(10-21)28(31,32)33/h1-11,13,15-16H,12,14H2,(H,35,36)(H,37,39)/b34-13-. The van der Waals surface area contributed by atoms with Gasteiger partial charge in [0.05, 0.1) is 23.9 Å². The number of hydrogen-bond acceptors (Lipinski definition) is 5. The number of fused-ring (bicyclic) bond motifs is 1. The van der Waals surface area contributed by atoms with Crippen molar-refractivity contribution in [3.05, 3.63) is 111 Å². The summed E-state index contributed by atoms with van der Waals surface area (Å²) in [5.74, 6) is -0.385. The number of alkyl halides is 3. The summed E-state index contributed by atoms with van der Waals surface area (Å²) in [6.45, 7) is 0.525. The van der Waals surface area contributed by atoms with E-state index in [0.717, 1.165) is 34.2 Å². The molecule has 2 N–H and O–H groups in total. The summed E-state index contributed by atoms with van der Waals surface area (Å²) in [7, 11) is 0. The molecule has 40 heavy (non-hydrogen) atoms. The summed E-state index contributed by atoms with van der Waals surface area (Å²) in [5, 5.41) is 11.1. The number of benzene rings is 3. The van der Waals surface area contributed by atoms with Gasteiger partial charge in [-0.25, -0.2) is 10.4 Å². The van der Waals surface area contributed by atoms with Crippen molar-refractivity contribution in [1.82, 2.24) is 15.0 Å². The van der Waals surface area contributed by atoms with Gasteiger partial charge >= 0.3 is 6.18 Å². The Bertz CT molecular complexity index is 1710.